The monoisotopic (exact) mass is 300 g/mol. The highest BCUT2D eigenvalue weighted by Crippen LogP contribution is 2.12. The summed E-state index contributed by atoms with van der Waals surface area (Å²) >= 11 is 0. The Hall–Kier alpha value is -1.47. The van der Waals surface area contributed by atoms with Gasteiger partial charge in [-0.25, -0.2) is 12.8 Å². The van der Waals surface area contributed by atoms with E-state index in [4.69, 9.17) is 0 Å². The summed E-state index contributed by atoms with van der Waals surface area (Å²) in [6.07, 6.45) is 1.38. The topological polar surface area (TPSA) is 75.3 Å². The van der Waals surface area contributed by atoms with Gasteiger partial charge in [-0.1, -0.05) is 0 Å². The van der Waals surface area contributed by atoms with Crippen LogP contribution in [0, 0.1) is 5.82 Å². The SMILES string of the molecule is O=C(CNC1CCCS(=O)(=O)C1)Nc1ccc(F)cc1. The highest BCUT2D eigenvalue weighted by Gasteiger charge is 2.24. The van der Waals surface area contributed by atoms with E-state index in [0.717, 1.165) is 6.42 Å². The summed E-state index contributed by atoms with van der Waals surface area (Å²) in [4.78, 5) is 11.7. The summed E-state index contributed by atoms with van der Waals surface area (Å²) in [7, 11) is -2.98. The predicted octanol–water partition coefficient (Wildman–Crippen LogP) is 0.931. The zero-order chi connectivity index (χ0) is 14.6. The number of carbonyl (C=O) groups excluding carboxylic acids is 1. The van der Waals surface area contributed by atoms with Gasteiger partial charge < -0.3 is 10.6 Å². The summed E-state index contributed by atoms with van der Waals surface area (Å²) in [6.45, 7) is 0.0392. The number of rotatable bonds is 4. The Morgan fingerprint density at radius 3 is 2.65 bits per heavy atom. The van der Waals surface area contributed by atoms with E-state index >= 15 is 0 Å². The number of sulfone groups is 1. The molecule has 7 heteroatoms. The van der Waals surface area contributed by atoms with Gasteiger partial charge in [-0.15, -0.1) is 0 Å². The van der Waals surface area contributed by atoms with Gasteiger partial charge in [0, 0.05) is 11.7 Å². The van der Waals surface area contributed by atoms with Crippen molar-refractivity contribution in [1.29, 1.82) is 0 Å². The van der Waals surface area contributed by atoms with E-state index in [2.05, 4.69) is 10.6 Å². The van der Waals surface area contributed by atoms with E-state index in [9.17, 15) is 17.6 Å². The van der Waals surface area contributed by atoms with Crippen molar-refractivity contribution in [2.75, 3.05) is 23.4 Å². The first kappa shape index (κ1) is 14.9. The summed E-state index contributed by atoms with van der Waals surface area (Å²) in [6, 6.07) is 5.29. The fraction of sp³-hybridized carbons (Fsp3) is 0.462. The highest BCUT2D eigenvalue weighted by molar-refractivity contribution is 7.91. The largest absolute Gasteiger partial charge is 0.325 e. The molecular formula is C13H17FN2O3S. The van der Waals surface area contributed by atoms with Crippen molar-refractivity contribution in [2.24, 2.45) is 0 Å². The lowest BCUT2D eigenvalue weighted by atomic mass is 10.2. The lowest BCUT2D eigenvalue weighted by Crippen LogP contribution is -2.43. The minimum atomic E-state index is -2.98. The van der Waals surface area contributed by atoms with Gasteiger partial charge in [0.2, 0.25) is 5.91 Å². The summed E-state index contributed by atoms with van der Waals surface area (Å²) in [5.74, 6) is -0.336. The Morgan fingerprint density at radius 2 is 2.00 bits per heavy atom. The molecule has 1 amide bonds. The molecule has 110 valence electrons. The highest BCUT2D eigenvalue weighted by atomic mass is 32.2. The molecule has 0 aliphatic carbocycles. The summed E-state index contributed by atoms with van der Waals surface area (Å²) in [5, 5.41) is 5.56. The Morgan fingerprint density at radius 1 is 1.30 bits per heavy atom. The molecule has 2 N–H and O–H groups in total. The molecule has 1 fully saturated rings. The van der Waals surface area contributed by atoms with Crippen LogP contribution in [0.2, 0.25) is 0 Å². The molecule has 1 aliphatic heterocycles. The van der Waals surface area contributed by atoms with E-state index in [1.54, 1.807) is 0 Å². The quantitative estimate of drug-likeness (QED) is 0.867. The van der Waals surface area contributed by atoms with Gasteiger partial charge in [0.1, 0.15) is 5.82 Å². The van der Waals surface area contributed by atoms with Crippen molar-refractivity contribution < 1.29 is 17.6 Å². The molecule has 1 unspecified atom stereocenters. The third-order valence-electron chi connectivity index (χ3n) is 3.14. The second-order valence-corrected chi connectivity index (χ2v) is 7.12. The van der Waals surface area contributed by atoms with Crippen molar-refractivity contribution in [3.8, 4) is 0 Å². The van der Waals surface area contributed by atoms with Crippen LogP contribution in [0.4, 0.5) is 10.1 Å². The average Bonchev–Trinajstić information content (AvgIpc) is 2.38. The van der Waals surface area contributed by atoms with E-state index in [-0.39, 0.29) is 35.8 Å². The number of hydrogen-bond acceptors (Lipinski definition) is 4. The minimum absolute atomic E-state index is 0.0392. The molecule has 1 saturated heterocycles. The van der Waals surface area contributed by atoms with Crippen LogP contribution in [-0.4, -0.2) is 38.4 Å². The normalized spacial score (nSPS) is 21.4. The molecule has 2 rings (SSSR count). The number of anilines is 1. The first-order valence-corrected chi connectivity index (χ1v) is 8.26. The summed E-state index contributed by atoms with van der Waals surface area (Å²) < 4.78 is 35.6. The molecule has 1 atom stereocenters. The smallest absolute Gasteiger partial charge is 0.238 e. The third kappa shape index (κ3) is 4.57. The Bertz CT molecular complexity index is 572. The van der Waals surface area contributed by atoms with Gasteiger partial charge in [0.15, 0.2) is 9.84 Å². The average molecular weight is 300 g/mol. The Balaban J connectivity index is 1.79. The van der Waals surface area contributed by atoms with Crippen LogP contribution in [0.15, 0.2) is 24.3 Å². The van der Waals surface area contributed by atoms with Crippen molar-refractivity contribution in [2.45, 2.75) is 18.9 Å². The van der Waals surface area contributed by atoms with Crippen LogP contribution in [0.25, 0.3) is 0 Å². The number of halogens is 1. The first-order valence-electron chi connectivity index (χ1n) is 6.44. The summed E-state index contributed by atoms with van der Waals surface area (Å²) in [5.41, 5.74) is 0.509. The molecule has 1 heterocycles. The molecule has 20 heavy (non-hydrogen) atoms. The number of nitrogens with one attached hydrogen (secondary N) is 2. The maximum absolute atomic E-state index is 12.7. The van der Waals surface area contributed by atoms with Gasteiger partial charge in [-0.05, 0) is 37.1 Å². The van der Waals surface area contributed by atoms with Gasteiger partial charge >= 0.3 is 0 Å². The first-order chi connectivity index (χ1) is 9.44. The number of amides is 1. The maximum Gasteiger partial charge on any atom is 0.238 e. The number of benzene rings is 1. The molecule has 1 aromatic rings. The fourth-order valence-corrected chi connectivity index (χ4v) is 3.83. The van der Waals surface area contributed by atoms with Gasteiger partial charge in [0.25, 0.3) is 0 Å². The second kappa shape index (κ2) is 6.32. The molecule has 1 aromatic carbocycles. The van der Waals surface area contributed by atoms with Gasteiger partial charge in [-0.2, -0.15) is 0 Å². The van der Waals surface area contributed by atoms with Crippen LogP contribution < -0.4 is 10.6 Å². The lowest BCUT2D eigenvalue weighted by molar-refractivity contribution is -0.115. The Kier molecular flexibility index (Phi) is 4.72. The van der Waals surface area contributed by atoms with E-state index < -0.39 is 9.84 Å². The van der Waals surface area contributed by atoms with Crippen LogP contribution >= 0.6 is 0 Å². The van der Waals surface area contributed by atoms with E-state index in [1.807, 2.05) is 0 Å². The molecule has 0 spiro atoms. The van der Waals surface area contributed by atoms with Crippen molar-refractivity contribution in [3.05, 3.63) is 30.1 Å². The van der Waals surface area contributed by atoms with Gasteiger partial charge in [0.05, 0.1) is 18.1 Å². The molecule has 0 radical (unpaired) electrons. The zero-order valence-corrected chi connectivity index (χ0v) is 11.7. The van der Waals surface area contributed by atoms with Crippen molar-refractivity contribution >= 4 is 21.4 Å². The fourth-order valence-electron chi connectivity index (χ4n) is 2.16. The number of carbonyl (C=O) groups is 1. The standard InChI is InChI=1S/C13H17FN2O3S/c14-10-3-5-11(6-4-10)16-13(17)8-15-12-2-1-7-20(18,19)9-12/h3-6,12,15H,1-2,7-9H2,(H,16,17). The second-order valence-electron chi connectivity index (χ2n) is 4.89. The van der Waals surface area contributed by atoms with Gasteiger partial charge in [-0.3, -0.25) is 4.79 Å². The molecule has 5 nitrogen and oxygen atoms in total. The molecule has 1 aliphatic rings. The van der Waals surface area contributed by atoms with Crippen molar-refractivity contribution in [1.82, 2.24) is 5.32 Å². The molecule has 0 saturated carbocycles. The van der Waals surface area contributed by atoms with Crippen LogP contribution in [0.1, 0.15) is 12.8 Å². The maximum atomic E-state index is 12.7. The minimum Gasteiger partial charge on any atom is -0.325 e. The lowest BCUT2D eigenvalue weighted by Gasteiger charge is -2.22. The molecule has 0 bridgehead atoms. The molecular weight excluding hydrogens is 283 g/mol. The Labute approximate surface area is 117 Å². The predicted molar refractivity (Wildman–Crippen MR) is 74.7 cm³/mol. The van der Waals surface area contributed by atoms with Crippen LogP contribution in [-0.2, 0) is 14.6 Å². The van der Waals surface area contributed by atoms with Crippen molar-refractivity contribution in [3.63, 3.8) is 0 Å². The zero-order valence-electron chi connectivity index (χ0n) is 10.9. The number of hydrogen-bond donors (Lipinski definition) is 2. The van der Waals surface area contributed by atoms with Crippen LogP contribution in [0.5, 0.6) is 0 Å². The molecule has 0 aromatic heterocycles. The van der Waals surface area contributed by atoms with E-state index in [1.165, 1.54) is 24.3 Å². The van der Waals surface area contributed by atoms with E-state index in [0.29, 0.717) is 12.1 Å². The third-order valence-corrected chi connectivity index (χ3v) is 4.96. The van der Waals surface area contributed by atoms with Crippen LogP contribution in [0.3, 0.4) is 0 Å².